The molecule has 0 aliphatic carbocycles. The van der Waals surface area contributed by atoms with Crippen molar-refractivity contribution < 1.29 is 0 Å². The van der Waals surface area contributed by atoms with Gasteiger partial charge in [-0.05, 0) is 34.5 Å². The van der Waals surface area contributed by atoms with Crippen LogP contribution in [0.1, 0.15) is 11.4 Å². The molecule has 1 aliphatic rings. The summed E-state index contributed by atoms with van der Waals surface area (Å²) in [4.78, 5) is 9.61. The van der Waals surface area contributed by atoms with E-state index in [9.17, 15) is 0 Å². The van der Waals surface area contributed by atoms with Gasteiger partial charge in [0.2, 0.25) is 0 Å². The summed E-state index contributed by atoms with van der Waals surface area (Å²) >= 11 is 1.78. The van der Waals surface area contributed by atoms with E-state index in [0.29, 0.717) is 0 Å². The van der Waals surface area contributed by atoms with Gasteiger partial charge in [0.25, 0.3) is 0 Å². The van der Waals surface area contributed by atoms with Gasteiger partial charge in [0.15, 0.2) is 11.0 Å². The van der Waals surface area contributed by atoms with Gasteiger partial charge in [0.1, 0.15) is 0 Å². The molecule has 1 saturated heterocycles. The van der Waals surface area contributed by atoms with Gasteiger partial charge < -0.3 is 4.90 Å². The molecule has 148 valence electrons. The summed E-state index contributed by atoms with van der Waals surface area (Å²) in [5.74, 6) is 0.939. The van der Waals surface area contributed by atoms with Crippen molar-refractivity contribution in [1.82, 2.24) is 30.1 Å². The van der Waals surface area contributed by atoms with Crippen LogP contribution >= 0.6 is 11.3 Å². The molecule has 29 heavy (non-hydrogen) atoms. The van der Waals surface area contributed by atoms with E-state index in [4.69, 9.17) is 4.98 Å². The van der Waals surface area contributed by atoms with E-state index < -0.39 is 0 Å². The fraction of sp³-hybridized carbons (Fsp3) is 0.333. The number of para-hydroxylation sites is 1. The highest BCUT2D eigenvalue weighted by atomic mass is 32.1. The second-order valence-corrected chi connectivity index (χ2v) is 8.29. The van der Waals surface area contributed by atoms with Crippen LogP contribution in [0.2, 0.25) is 0 Å². The maximum atomic E-state index is 4.79. The Bertz CT molecular complexity index is 1030. The number of aromatic nitrogens is 5. The molecular weight excluding hydrogens is 382 g/mol. The molecule has 1 fully saturated rings. The number of hydrogen-bond donors (Lipinski definition) is 0. The van der Waals surface area contributed by atoms with E-state index in [1.807, 2.05) is 16.8 Å². The third kappa shape index (κ3) is 4.13. The number of fused-ring (bicyclic) bond motifs is 1. The van der Waals surface area contributed by atoms with Gasteiger partial charge in [-0.3, -0.25) is 4.90 Å². The van der Waals surface area contributed by atoms with E-state index in [1.54, 1.807) is 11.3 Å². The Labute approximate surface area is 173 Å². The summed E-state index contributed by atoms with van der Waals surface area (Å²) in [7, 11) is 0. The fourth-order valence-corrected chi connectivity index (χ4v) is 4.70. The van der Waals surface area contributed by atoms with Crippen molar-refractivity contribution in [3.8, 4) is 0 Å². The molecule has 2 aromatic carbocycles. The molecule has 0 bridgehead atoms. The van der Waals surface area contributed by atoms with Gasteiger partial charge in [-0.15, -0.1) is 5.10 Å². The first-order valence-corrected chi connectivity index (χ1v) is 10.8. The molecule has 7 nitrogen and oxygen atoms in total. The predicted octanol–water partition coefficient (Wildman–Crippen LogP) is 2.85. The second kappa shape index (κ2) is 8.26. The lowest BCUT2D eigenvalue weighted by atomic mass is 10.1. The normalized spacial score (nSPS) is 15.2. The molecule has 0 atom stereocenters. The van der Waals surface area contributed by atoms with Crippen LogP contribution in [0.5, 0.6) is 0 Å². The maximum absolute atomic E-state index is 4.79. The number of piperazine rings is 1. The van der Waals surface area contributed by atoms with Crippen molar-refractivity contribution >= 4 is 26.7 Å². The highest BCUT2D eigenvalue weighted by Gasteiger charge is 2.21. The molecule has 0 radical (unpaired) electrons. The van der Waals surface area contributed by atoms with E-state index >= 15 is 0 Å². The number of nitrogens with zero attached hydrogens (tertiary/aromatic N) is 7. The Morgan fingerprint density at radius 1 is 0.897 bits per heavy atom. The molecule has 0 saturated carbocycles. The number of hydrogen-bond acceptors (Lipinski definition) is 7. The van der Waals surface area contributed by atoms with Gasteiger partial charge in [-0.25, -0.2) is 9.67 Å². The summed E-state index contributed by atoms with van der Waals surface area (Å²) < 4.78 is 3.19. The van der Waals surface area contributed by atoms with Crippen LogP contribution in [-0.2, 0) is 19.5 Å². The summed E-state index contributed by atoms with van der Waals surface area (Å²) in [6.07, 6.45) is 0.935. The van der Waals surface area contributed by atoms with Crippen molar-refractivity contribution in [2.75, 3.05) is 31.1 Å². The molecular formula is C21H23N7S. The van der Waals surface area contributed by atoms with Gasteiger partial charge in [-0.2, -0.15) is 0 Å². The lowest BCUT2D eigenvalue weighted by Crippen LogP contribution is -2.46. The number of aryl methyl sites for hydroxylation is 2. The summed E-state index contributed by atoms with van der Waals surface area (Å²) in [6, 6.07) is 18.8. The zero-order valence-electron chi connectivity index (χ0n) is 16.2. The highest BCUT2D eigenvalue weighted by molar-refractivity contribution is 7.22. The zero-order valence-corrected chi connectivity index (χ0v) is 17.0. The van der Waals surface area contributed by atoms with Gasteiger partial charge in [0.05, 0.1) is 16.8 Å². The Morgan fingerprint density at radius 2 is 1.69 bits per heavy atom. The number of anilines is 1. The van der Waals surface area contributed by atoms with Crippen LogP contribution in [0.4, 0.5) is 5.13 Å². The van der Waals surface area contributed by atoms with Gasteiger partial charge in [-0.1, -0.05) is 53.8 Å². The van der Waals surface area contributed by atoms with Crippen LogP contribution in [0, 0.1) is 0 Å². The first kappa shape index (κ1) is 18.2. The highest BCUT2D eigenvalue weighted by Crippen LogP contribution is 2.29. The quantitative estimate of drug-likeness (QED) is 0.492. The fourth-order valence-electron chi connectivity index (χ4n) is 3.68. The van der Waals surface area contributed by atoms with E-state index in [1.165, 1.54) is 10.3 Å². The van der Waals surface area contributed by atoms with Crippen molar-refractivity contribution in [3.63, 3.8) is 0 Å². The van der Waals surface area contributed by atoms with Gasteiger partial charge >= 0.3 is 0 Å². The molecule has 4 aromatic rings. The Kier molecular flexibility index (Phi) is 5.19. The minimum atomic E-state index is 0.787. The lowest BCUT2D eigenvalue weighted by Gasteiger charge is -2.34. The monoisotopic (exact) mass is 405 g/mol. The number of benzene rings is 2. The van der Waals surface area contributed by atoms with E-state index in [-0.39, 0.29) is 0 Å². The standard InChI is InChI=1S/C21H23N7S/c1-2-6-17(7-3-1)10-11-28-20(23-24-25-28)16-26-12-14-27(15-13-26)21-22-18-8-4-5-9-19(18)29-21/h1-9H,10-16H2. The van der Waals surface area contributed by atoms with E-state index in [0.717, 1.165) is 62.2 Å². The van der Waals surface area contributed by atoms with Crippen LogP contribution < -0.4 is 4.90 Å². The molecule has 0 N–H and O–H groups in total. The van der Waals surface area contributed by atoms with Crippen LogP contribution in [0.3, 0.4) is 0 Å². The lowest BCUT2D eigenvalue weighted by molar-refractivity contribution is 0.239. The Hall–Kier alpha value is -2.84. The van der Waals surface area contributed by atoms with Crippen molar-refractivity contribution in [3.05, 3.63) is 66.0 Å². The molecule has 5 rings (SSSR count). The third-order valence-electron chi connectivity index (χ3n) is 5.35. The van der Waals surface area contributed by atoms with Crippen LogP contribution in [0.15, 0.2) is 54.6 Å². The molecule has 0 unspecified atom stereocenters. The van der Waals surface area contributed by atoms with Crippen molar-refractivity contribution in [2.45, 2.75) is 19.5 Å². The minimum absolute atomic E-state index is 0.787. The first-order chi connectivity index (χ1) is 14.3. The number of rotatable bonds is 6. The largest absolute Gasteiger partial charge is 0.345 e. The molecule has 2 aromatic heterocycles. The average molecular weight is 406 g/mol. The number of tetrazole rings is 1. The predicted molar refractivity (Wildman–Crippen MR) is 115 cm³/mol. The SMILES string of the molecule is c1ccc(CCn2nnnc2CN2CCN(c3nc4ccccc4s3)CC2)cc1. The smallest absolute Gasteiger partial charge is 0.186 e. The van der Waals surface area contributed by atoms with Crippen LogP contribution in [-0.4, -0.2) is 56.3 Å². The summed E-state index contributed by atoms with van der Waals surface area (Å²) in [6.45, 7) is 5.52. The summed E-state index contributed by atoms with van der Waals surface area (Å²) in [5, 5.41) is 13.5. The molecule has 3 heterocycles. The Morgan fingerprint density at radius 3 is 2.52 bits per heavy atom. The van der Waals surface area contributed by atoms with Crippen molar-refractivity contribution in [1.29, 1.82) is 0 Å². The first-order valence-electron chi connectivity index (χ1n) is 9.97. The average Bonchev–Trinajstić information content (AvgIpc) is 3.40. The zero-order chi connectivity index (χ0) is 19.5. The molecule has 0 spiro atoms. The Balaban J connectivity index is 1.17. The topological polar surface area (TPSA) is 63.0 Å². The minimum Gasteiger partial charge on any atom is -0.345 e. The third-order valence-corrected chi connectivity index (χ3v) is 6.45. The second-order valence-electron chi connectivity index (χ2n) is 7.28. The maximum Gasteiger partial charge on any atom is 0.186 e. The summed E-state index contributed by atoms with van der Waals surface area (Å²) in [5.41, 5.74) is 2.39. The van der Waals surface area contributed by atoms with E-state index in [2.05, 4.69) is 67.8 Å². The van der Waals surface area contributed by atoms with Crippen LogP contribution in [0.25, 0.3) is 10.2 Å². The van der Waals surface area contributed by atoms with Crippen molar-refractivity contribution in [2.24, 2.45) is 0 Å². The molecule has 0 amide bonds. The van der Waals surface area contributed by atoms with Gasteiger partial charge in [0, 0.05) is 32.7 Å². The molecule has 1 aliphatic heterocycles. The molecule has 8 heteroatoms. The number of thiazole rings is 1.